The number of hydrogen-bond acceptors (Lipinski definition) is 48. The highest BCUT2D eigenvalue weighted by Crippen LogP contribution is 2.32. The lowest BCUT2D eigenvalue weighted by Crippen LogP contribution is -2.66. The summed E-state index contributed by atoms with van der Waals surface area (Å²) in [6.45, 7) is 16.0. The lowest BCUT2D eigenvalue weighted by molar-refractivity contribution is -0.279. The lowest BCUT2D eigenvalue weighted by atomic mass is 9.96. The molecule has 0 aliphatic carbocycles. The number of esters is 9. The summed E-state index contributed by atoms with van der Waals surface area (Å²) < 4.78 is 165. The molecule has 56 heteroatoms. The fraction of sp³-hybridized carbons (Fsp3) is 0.720. The van der Waals surface area contributed by atoms with Gasteiger partial charge in [-0.05, 0) is 18.4 Å². The number of ether oxygens (including phenoxy) is 28. The zero-order chi connectivity index (χ0) is 108. The van der Waals surface area contributed by atoms with Gasteiger partial charge in [0.1, 0.15) is 85.5 Å². The van der Waals surface area contributed by atoms with E-state index >= 15 is 0 Å². The van der Waals surface area contributed by atoms with Crippen molar-refractivity contribution in [3.8, 4) is 0 Å². The van der Waals surface area contributed by atoms with Gasteiger partial charge in [0.25, 0.3) is 0 Å². The molecule has 1 aromatic carbocycles. The first-order valence-electron chi connectivity index (χ1n) is 48.5. The van der Waals surface area contributed by atoms with Gasteiger partial charge < -0.3 is 159 Å². The highest BCUT2D eigenvalue weighted by Gasteiger charge is 2.55. The SMILES string of the molecule is CC(=O)N[C@H]1[C@H](OCCOCCOCCOCCn2cc(COCC(COCc3cn(CCOCCOCCOCCO[C@@H]4O[C@H](COC(C)=O)[C@H](OC(C)=O)[C@H](OC(C)=O)[C@H]4NC(C)=O)nn3)(COCc3cn(CCOCCOCCOCCO[C@@H]4O[C@H](COC(C)=O)[C@H](OC(C)=O)[C@H](OC(C)=O)[C@H]4NC(C)=O)nn3)NC(=O)CCCCCNC(=O)OCc3ccccc3)nn2)O[C@H](COC(C)=O)[C@H](OC(C)=O)[C@@H]1OC(C)=O. The number of hydrogen-bond donors (Lipinski definition) is 5. The average Bonchev–Trinajstić information content (AvgIpc) is 0.998. The van der Waals surface area contributed by atoms with Crippen molar-refractivity contribution in [1.82, 2.24) is 71.6 Å². The summed E-state index contributed by atoms with van der Waals surface area (Å²) in [6.07, 6.45) is -8.90. The first-order valence-corrected chi connectivity index (χ1v) is 48.5. The number of amides is 5. The molecule has 0 radical (unpaired) electrons. The van der Waals surface area contributed by atoms with Crippen LogP contribution in [-0.2, 0) is 241 Å². The van der Waals surface area contributed by atoms with Crippen molar-refractivity contribution in [3.05, 3.63) is 71.6 Å². The van der Waals surface area contributed by atoms with Gasteiger partial charge >= 0.3 is 59.8 Å². The molecule has 0 unspecified atom stereocenters. The number of carbonyl (C=O) groups is 14. The van der Waals surface area contributed by atoms with Crippen molar-refractivity contribution < 1.29 is 200 Å². The van der Waals surface area contributed by atoms with E-state index in [1.165, 1.54) is 41.5 Å². The van der Waals surface area contributed by atoms with Crippen molar-refractivity contribution in [2.75, 3.05) is 185 Å². The standard InChI is InChI=1S/C93H142N14O42/c1-60(108)95-80-86(144-69(10)117)83(141-66(7)114)76(54-137-63(4)111)147-89(80)134-44-41-128-38-35-125-32-29-122-26-23-105-47-73(99-102-105)51-131-57-93(98-79(120)21-17-14-18-22-94-92(121)140-50-72-19-15-13-16-20-72,58-132-52-74-48-106(103-100-74)24-27-123-30-33-126-36-39-129-42-45-135-90-81(96-61(2)109)87(145-70(11)118)84(142-67(8)115)77(148-90)55-138-64(5)112)59-133-53-75-49-107(104-101-75)25-28-124-31-34-127-37-40-130-43-46-136-91-82(97-62(3)110)88(146-71(12)119)85(143-68(9)116)78(149-91)56-139-65(6)113/h13,15-16,19-20,47-49,76-78,80-91H,14,17-18,21-46,50-59H2,1-12H3,(H,94,121)(H,95,108)(H,96,109)(H,97,110)(H,98,120)/t76-,77-,78-,80-,81-,82-,83+,84+,85+,86-,87-,88-,89-,90-,91-/m1/s1. The second-order valence-electron chi connectivity index (χ2n) is 33.8. The predicted molar refractivity (Wildman–Crippen MR) is 500 cm³/mol. The van der Waals surface area contributed by atoms with Gasteiger partial charge in [-0.15, -0.1) is 15.3 Å². The van der Waals surface area contributed by atoms with Crippen LogP contribution in [0.2, 0.25) is 0 Å². The van der Waals surface area contributed by atoms with E-state index in [0.29, 0.717) is 62.5 Å². The number of benzene rings is 1. The summed E-state index contributed by atoms with van der Waals surface area (Å²) in [7, 11) is 0. The minimum absolute atomic E-state index is 0.0337. The number of aromatic nitrogens is 9. The van der Waals surface area contributed by atoms with Gasteiger partial charge in [0.15, 0.2) is 55.5 Å². The number of carbonyl (C=O) groups excluding carboxylic acids is 14. The molecular formula is C93H142N14O42. The van der Waals surface area contributed by atoms with Gasteiger partial charge in [-0.3, -0.25) is 62.3 Å². The van der Waals surface area contributed by atoms with E-state index in [-0.39, 0.29) is 197 Å². The molecule has 3 aliphatic heterocycles. The molecule has 0 bridgehead atoms. The summed E-state index contributed by atoms with van der Waals surface area (Å²) in [5.41, 5.74) is 0.712. The van der Waals surface area contributed by atoms with Crippen molar-refractivity contribution in [2.24, 2.45) is 0 Å². The summed E-state index contributed by atoms with van der Waals surface area (Å²) in [6, 6.07) is 5.80. The maximum Gasteiger partial charge on any atom is 0.407 e. The monoisotopic (exact) mass is 2130 g/mol. The Morgan fingerprint density at radius 1 is 0.322 bits per heavy atom. The largest absolute Gasteiger partial charge is 0.463 e. The molecule has 4 aromatic rings. The minimum atomic E-state index is -1.40. The molecule has 5 N–H and O–H groups in total. The molecule has 149 heavy (non-hydrogen) atoms. The number of nitrogens with zero attached hydrogens (tertiary/aromatic N) is 9. The second-order valence-corrected chi connectivity index (χ2v) is 33.8. The van der Waals surface area contributed by atoms with E-state index in [4.69, 9.17) is 133 Å². The summed E-state index contributed by atoms with van der Waals surface area (Å²) in [4.78, 5) is 172. The zero-order valence-corrected chi connectivity index (χ0v) is 86.0. The Labute approximate surface area is 860 Å². The molecule has 56 nitrogen and oxygen atoms in total. The molecule has 3 fully saturated rings. The van der Waals surface area contributed by atoms with Crippen LogP contribution in [-0.4, -0.2) is 411 Å². The molecule has 0 saturated carbocycles. The highest BCUT2D eigenvalue weighted by molar-refractivity contribution is 5.77. The van der Waals surface area contributed by atoms with Gasteiger partial charge in [-0.2, -0.15) is 0 Å². The molecule has 0 spiro atoms. The third kappa shape index (κ3) is 51.1. The van der Waals surface area contributed by atoms with E-state index in [0.717, 1.165) is 47.1 Å². The van der Waals surface area contributed by atoms with Crippen LogP contribution in [0, 0.1) is 0 Å². The van der Waals surface area contributed by atoms with Gasteiger partial charge in [0.05, 0.1) is 217 Å². The minimum Gasteiger partial charge on any atom is -0.463 e. The van der Waals surface area contributed by atoms with Crippen LogP contribution in [0.4, 0.5) is 4.79 Å². The van der Waals surface area contributed by atoms with Crippen molar-refractivity contribution >= 4 is 83.4 Å². The summed E-state index contributed by atoms with van der Waals surface area (Å²) >= 11 is 0. The Bertz CT molecular complexity index is 4290. The van der Waals surface area contributed by atoms with Crippen LogP contribution in [0.15, 0.2) is 48.9 Å². The third-order valence-corrected chi connectivity index (χ3v) is 21.0. The lowest BCUT2D eigenvalue weighted by Gasteiger charge is -2.44. The van der Waals surface area contributed by atoms with E-state index in [1.54, 1.807) is 32.6 Å². The van der Waals surface area contributed by atoms with Crippen molar-refractivity contribution in [1.29, 1.82) is 0 Å². The third-order valence-electron chi connectivity index (χ3n) is 21.0. The van der Waals surface area contributed by atoms with Crippen molar-refractivity contribution in [2.45, 2.75) is 252 Å². The molecule has 7 rings (SSSR count). The fourth-order valence-corrected chi connectivity index (χ4v) is 14.8. The Balaban J connectivity index is 0.912. The van der Waals surface area contributed by atoms with E-state index in [1.807, 2.05) is 30.3 Å². The zero-order valence-electron chi connectivity index (χ0n) is 86.0. The number of nitrogens with one attached hydrogen (secondary N) is 5. The van der Waals surface area contributed by atoms with Gasteiger partial charge in [-0.1, -0.05) is 52.4 Å². The van der Waals surface area contributed by atoms with Crippen LogP contribution in [0.1, 0.15) is 131 Å². The van der Waals surface area contributed by atoms with E-state index < -0.39 is 195 Å². The van der Waals surface area contributed by atoms with Gasteiger partial charge in [0.2, 0.25) is 23.6 Å². The topological polar surface area (TPSA) is 650 Å². The number of alkyl carbamates (subject to hydrolysis) is 1. The van der Waals surface area contributed by atoms with Crippen molar-refractivity contribution in [3.63, 3.8) is 0 Å². The first-order chi connectivity index (χ1) is 71.6. The molecule has 836 valence electrons. The quantitative estimate of drug-likeness (QED) is 0.0199. The molecular weight excluding hydrogens is 1990 g/mol. The highest BCUT2D eigenvalue weighted by atomic mass is 16.7. The van der Waals surface area contributed by atoms with Gasteiger partial charge in [-0.25, -0.2) is 18.8 Å². The summed E-state index contributed by atoms with van der Waals surface area (Å²) in [5, 5.41) is 39.6. The molecule has 3 aliphatic rings. The Morgan fingerprint density at radius 2 is 0.611 bits per heavy atom. The molecule has 15 atom stereocenters. The van der Waals surface area contributed by atoms with Gasteiger partial charge in [0, 0.05) is 96.1 Å². The van der Waals surface area contributed by atoms with E-state index in [9.17, 15) is 67.1 Å². The smallest absolute Gasteiger partial charge is 0.407 e. The Hall–Kier alpha value is -11.7. The average molecular weight is 2130 g/mol. The molecule has 6 heterocycles. The normalized spacial score (nSPS) is 20.6. The second kappa shape index (κ2) is 70.4. The molecule has 3 aromatic heterocycles. The predicted octanol–water partition coefficient (Wildman–Crippen LogP) is -1.08. The summed E-state index contributed by atoms with van der Waals surface area (Å²) in [5.74, 6) is -8.41. The Kier molecular flexibility index (Phi) is 58.7. The van der Waals surface area contributed by atoms with Crippen LogP contribution < -0.4 is 26.6 Å². The van der Waals surface area contributed by atoms with Crippen LogP contribution >= 0.6 is 0 Å². The van der Waals surface area contributed by atoms with Crippen LogP contribution in [0.25, 0.3) is 0 Å². The Morgan fingerprint density at radius 3 is 0.899 bits per heavy atom. The first kappa shape index (κ1) is 124. The van der Waals surface area contributed by atoms with Crippen LogP contribution in [0.3, 0.4) is 0 Å². The van der Waals surface area contributed by atoms with E-state index in [2.05, 4.69) is 57.5 Å². The van der Waals surface area contributed by atoms with Crippen LogP contribution in [0.5, 0.6) is 0 Å². The number of unbranched alkanes of at least 4 members (excludes halogenated alkanes) is 2. The fourth-order valence-electron chi connectivity index (χ4n) is 14.8. The molecule has 3 saturated heterocycles. The molecule has 5 amide bonds. The maximum absolute atomic E-state index is 14.3. The maximum atomic E-state index is 14.3. The number of rotatable bonds is 75.